The van der Waals surface area contributed by atoms with Gasteiger partial charge in [0.1, 0.15) is 0 Å². The molecule has 1 N–H and O–H groups in total. The molecule has 1 aromatic rings. The number of nitrogens with zero attached hydrogens (tertiary/aromatic N) is 2. The summed E-state index contributed by atoms with van der Waals surface area (Å²) in [7, 11) is 0. The van der Waals surface area contributed by atoms with Crippen LogP contribution < -0.4 is 0 Å². The van der Waals surface area contributed by atoms with Crippen molar-refractivity contribution in [2.45, 2.75) is 36.0 Å². The van der Waals surface area contributed by atoms with Gasteiger partial charge in [0.05, 0.1) is 16.3 Å². The molecule has 1 aromatic carbocycles. The number of nitro benzene ring substituents is 1. The fraction of sp³-hybridized carbons (Fsp3) is 0.500. The number of hydrogen-bond donors (Lipinski definition) is 1. The second-order valence-electron chi connectivity index (χ2n) is 5.07. The SMILES string of the molecule is C[C@H](Sc1ccc([N+](=O)[O-])cc1)C(=O)N1CCC(O)CC1. The molecule has 21 heavy (non-hydrogen) atoms. The first-order valence-corrected chi connectivity index (χ1v) is 7.73. The summed E-state index contributed by atoms with van der Waals surface area (Å²) in [4.78, 5) is 25.1. The van der Waals surface area contributed by atoms with Crippen molar-refractivity contribution >= 4 is 23.4 Å². The largest absolute Gasteiger partial charge is 0.393 e. The van der Waals surface area contributed by atoms with Gasteiger partial charge in [-0.1, -0.05) is 0 Å². The van der Waals surface area contributed by atoms with Crippen LogP contribution in [-0.4, -0.2) is 45.3 Å². The highest BCUT2D eigenvalue weighted by Gasteiger charge is 2.25. The van der Waals surface area contributed by atoms with E-state index in [0.29, 0.717) is 25.9 Å². The number of rotatable bonds is 4. The maximum atomic E-state index is 12.3. The molecule has 0 aliphatic carbocycles. The zero-order valence-corrected chi connectivity index (χ0v) is 12.6. The summed E-state index contributed by atoms with van der Waals surface area (Å²) in [6.45, 7) is 3.01. The molecular weight excluding hydrogens is 292 g/mol. The number of non-ortho nitro benzene ring substituents is 1. The van der Waals surface area contributed by atoms with Gasteiger partial charge in [0.15, 0.2) is 0 Å². The molecule has 1 fully saturated rings. The van der Waals surface area contributed by atoms with E-state index in [9.17, 15) is 20.0 Å². The molecule has 0 unspecified atom stereocenters. The topological polar surface area (TPSA) is 83.7 Å². The molecule has 1 aliphatic heterocycles. The lowest BCUT2D eigenvalue weighted by atomic mass is 10.1. The molecule has 6 nitrogen and oxygen atoms in total. The Balaban J connectivity index is 1.92. The highest BCUT2D eigenvalue weighted by molar-refractivity contribution is 8.00. The normalized spacial score (nSPS) is 17.5. The third-order valence-corrected chi connectivity index (χ3v) is 4.58. The van der Waals surface area contributed by atoms with E-state index in [2.05, 4.69) is 0 Å². The number of thioether (sulfide) groups is 1. The highest BCUT2D eigenvalue weighted by atomic mass is 32.2. The summed E-state index contributed by atoms with van der Waals surface area (Å²) < 4.78 is 0. The van der Waals surface area contributed by atoms with E-state index in [1.54, 1.807) is 17.0 Å². The Morgan fingerprint density at radius 3 is 2.48 bits per heavy atom. The van der Waals surface area contributed by atoms with Crippen LogP contribution in [0.1, 0.15) is 19.8 Å². The lowest BCUT2D eigenvalue weighted by molar-refractivity contribution is -0.384. The Hall–Kier alpha value is -1.60. The number of carbonyl (C=O) groups is 1. The second-order valence-corrected chi connectivity index (χ2v) is 6.48. The summed E-state index contributed by atoms with van der Waals surface area (Å²) in [5.74, 6) is 0.0465. The average molecular weight is 310 g/mol. The molecule has 1 atom stereocenters. The van der Waals surface area contributed by atoms with Crippen LogP contribution in [0.3, 0.4) is 0 Å². The van der Waals surface area contributed by atoms with Crippen LogP contribution in [-0.2, 0) is 4.79 Å². The van der Waals surface area contributed by atoms with Crippen LogP contribution in [0.2, 0.25) is 0 Å². The van der Waals surface area contributed by atoms with Crippen LogP contribution in [0.4, 0.5) is 5.69 Å². The first-order chi connectivity index (χ1) is 9.97. The van der Waals surface area contributed by atoms with E-state index in [0.717, 1.165) is 4.90 Å². The Labute approximate surface area is 127 Å². The summed E-state index contributed by atoms with van der Waals surface area (Å²) in [5, 5.41) is 19.8. The van der Waals surface area contributed by atoms with Crippen molar-refractivity contribution in [3.63, 3.8) is 0 Å². The number of aliphatic hydroxyl groups is 1. The van der Waals surface area contributed by atoms with E-state index in [4.69, 9.17) is 0 Å². The predicted octanol–water partition coefficient (Wildman–Crippen LogP) is 2.06. The van der Waals surface area contributed by atoms with Gasteiger partial charge in [0.25, 0.3) is 5.69 Å². The van der Waals surface area contributed by atoms with E-state index in [1.165, 1.54) is 23.9 Å². The Morgan fingerprint density at radius 2 is 1.95 bits per heavy atom. The van der Waals surface area contributed by atoms with Crippen LogP contribution in [0, 0.1) is 10.1 Å². The molecule has 0 spiro atoms. The molecule has 0 radical (unpaired) electrons. The molecule has 0 saturated carbocycles. The number of carbonyl (C=O) groups excluding carboxylic acids is 1. The van der Waals surface area contributed by atoms with Gasteiger partial charge in [-0.3, -0.25) is 14.9 Å². The first-order valence-electron chi connectivity index (χ1n) is 6.85. The van der Waals surface area contributed by atoms with E-state index >= 15 is 0 Å². The molecule has 1 amide bonds. The smallest absolute Gasteiger partial charge is 0.269 e. The van der Waals surface area contributed by atoms with Crippen molar-refractivity contribution in [3.05, 3.63) is 34.4 Å². The van der Waals surface area contributed by atoms with Crippen molar-refractivity contribution in [1.82, 2.24) is 4.90 Å². The van der Waals surface area contributed by atoms with Crippen molar-refractivity contribution < 1.29 is 14.8 Å². The van der Waals surface area contributed by atoms with Crippen molar-refractivity contribution in [1.29, 1.82) is 0 Å². The fourth-order valence-corrected chi connectivity index (χ4v) is 3.20. The summed E-state index contributed by atoms with van der Waals surface area (Å²) in [6.07, 6.45) is 0.952. The van der Waals surface area contributed by atoms with Gasteiger partial charge in [-0.15, -0.1) is 11.8 Å². The quantitative estimate of drug-likeness (QED) is 0.523. The second kappa shape index (κ2) is 6.91. The summed E-state index contributed by atoms with van der Waals surface area (Å²) in [6, 6.07) is 6.20. The first kappa shape index (κ1) is 15.8. The number of likely N-dealkylation sites (tertiary alicyclic amines) is 1. The van der Waals surface area contributed by atoms with Crippen molar-refractivity contribution in [2.75, 3.05) is 13.1 Å². The van der Waals surface area contributed by atoms with E-state index < -0.39 is 4.92 Å². The van der Waals surface area contributed by atoms with Gasteiger partial charge in [0, 0.05) is 30.1 Å². The molecular formula is C14H18N2O4S. The zero-order valence-electron chi connectivity index (χ0n) is 11.8. The number of nitro groups is 1. The average Bonchev–Trinajstić information content (AvgIpc) is 2.47. The van der Waals surface area contributed by atoms with Crippen molar-refractivity contribution in [2.24, 2.45) is 0 Å². The standard InChI is InChI=1S/C14H18N2O4S/c1-10(14(18)15-8-6-12(17)7-9-15)21-13-4-2-11(3-5-13)16(19)20/h2-5,10,12,17H,6-9H2,1H3/t10-/m0/s1. The Morgan fingerprint density at radius 1 is 1.38 bits per heavy atom. The van der Waals surface area contributed by atoms with E-state index in [1.807, 2.05) is 6.92 Å². The number of hydrogen-bond acceptors (Lipinski definition) is 5. The lowest BCUT2D eigenvalue weighted by Crippen LogP contribution is -2.43. The molecule has 1 heterocycles. The van der Waals surface area contributed by atoms with Crippen molar-refractivity contribution in [3.8, 4) is 0 Å². The highest BCUT2D eigenvalue weighted by Crippen LogP contribution is 2.27. The number of benzene rings is 1. The van der Waals surface area contributed by atoms with Gasteiger partial charge in [0.2, 0.25) is 5.91 Å². The van der Waals surface area contributed by atoms with Gasteiger partial charge >= 0.3 is 0 Å². The molecule has 0 bridgehead atoms. The maximum Gasteiger partial charge on any atom is 0.269 e. The summed E-state index contributed by atoms with van der Waals surface area (Å²) >= 11 is 1.39. The van der Waals surface area contributed by atoms with E-state index in [-0.39, 0.29) is 22.9 Å². The fourth-order valence-electron chi connectivity index (χ4n) is 2.24. The van der Waals surface area contributed by atoms with Gasteiger partial charge < -0.3 is 10.0 Å². The minimum atomic E-state index is -0.442. The molecule has 2 rings (SSSR count). The minimum absolute atomic E-state index is 0.0448. The molecule has 1 saturated heterocycles. The molecule has 7 heteroatoms. The Kier molecular flexibility index (Phi) is 5.19. The molecule has 1 aliphatic rings. The summed E-state index contributed by atoms with van der Waals surface area (Å²) in [5.41, 5.74) is 0.0448. The van der Waals surface area contributed by atoms with Crippen LogP contribution in [0.5, 0.6) is 0 Å². The van der Waals surface area contributed by atoms with Gasteiger partial charge in [-0.2, -0.15) is 0 Å². The van der Waals surface area contributed by atoms with Crippen LogP contribution in [0.15, 0.2) is 29.2 Å². The molecule has 114 valence electrons. The Bertz CT molecular complexity index is 512. The monoisotopic (exact) mass is 310 g/mol. The van der Waals surface area contributed by atoms with Crippen LogP contribution >= 0.6 is 11.8 Å². The zero-order chi connectivity index (χ0) is 15.4. The number of piperidine rings is 1. The minimum Gasteiger partial charge on any atom is -0.393 e. The third kappa shape index (κ3) is 4.18. The number of amides is 1. The third-order valence-electron chi connectivity index (χ3n) is 3.48. The van der Waals surface area contributed by atoms with Gasteiger partial charge in [-0.05, 0) is 31.9 Å². The maximum absolute atomic E-state index is 12.3. The predicted molar refractivity (Wildman–Crippen MR) is 80.2 cm³/mol. The lowest BCUT2D eigenvalue weighted by Gasteiger charge is -2.31. The molecule has 0 aromatic heterocycles. The number of aliphatic hydroxyl groups excluding tert-OH is 1. The van der Waals surface area contributed by atoms with Gasteiger partial charge in [-0.25, -0.2) is 0 Å². The van der Waals surface area contributed by atoms with Crippen LogP contribution in [0.25, 0.3) is 0 Å².